The Balaban J connectivity index is 1.53. The molecule has 2 aromatic rings. The van der Waals surface area contributed by atoms with Crippen molar-refractivity contribution in [3.63, 3.8) is 0 Å². The molecule has 2 N–H and O–H groups in total. The number of rotatable bonds is 8. The minimum absolute atomic E-state index is 0.0724. The molecule has 3 rings (SSSR count). The zero-order valence-corrected chi connectivity index (χ0v) is 18.2. The number of amidine groups is 1. The molecule has 1 fully saturated rings. The Kier molecular flexibility index (Phi) is 7.86. The number of benzene rings is 2. The summed E-state index contributed by atoms with van der Waals surface area (Å²) in [7, 11) is 0. The Morgan fingerprint density at radius 2 is 2.03 bits per heavy atom. The molecule has 1 heterocycles. The summed E-state index contributed by atoms with van der Waals surface area (Å²) >= 11 is 1.06. The van der Waals surface area contributed by atoms with Crippen LogP contribution in [0, 0.1) is 10.1 Å². The van der Waals surface area contributed by atoms with Gasteiger partial charge < -0.3 is 15.4 Å². The van der Waals surface area contributed by atoms with Crippen molar-refractivity contribution >= 4 is 52.3 Å². The highest BCUT2D eigenvalue weighted by molar-refractivity contribution is 8.15. The quantitative estimate of drug-likeness (QED) is 0.261. The lowest BCUT2D eigenvalue weighted by atomic mass is 10.2. The minimum atomic E-state index is -0.685. The topological polar surface area (TPSA) is 152 Å². The number of hydrogen-bond donors (Lipinski definition) is 2. The van der Waals surface area contributed by atoms with Gasteiger partial charge in [-0.25, -0.2) is 4.79 Å². The summed E-state index contributed by atoms with van der Waals surface area (Å²) in [4.78, 5) is 46.4. The summed E-state index contributed by atoms with van der Waals surface area (Å²) in [5, 5.41) is 23.3. The largest absolute Gasteiger partial charge is 0.462 e. The summed E-state index contributed by atoms with van der Waals surface area (Å²) < 4.78 is 4.91. The Morgan fingerprint density at radius 1 is 1.27 bits per heavy atom. The predicted molar refractivity (Wildman–Crippen MR) is 123 cm³/mol. The summed E-state index contributed by atoms with van der Waals surface area (Å²) in [6, 6.07) is 12.1. The maximum absolute atomic E-state index is 12.3. The van der Waals surface area contributed by atoms with E-state index in [1.165, 1.54) is 36.5 Å². The first kappa shape index (κ1) is 23.6. The van der Waals surface area contributed by atoms with Gasteiger partial charge in [0.05, 0.1) is 23.3 Å². The van der Waals surface area contributed by atoms with Crippen LogP contribution in [-0.4, -0.2) is 45.9 Å². The normalized spacial score (nSPS) is 16.6. The number of non-ortho nitro benzene ring substituents is 1. The van der Waals surface area contributed by atoms with Crippen LogP contribution in [0.4, 0.5) is 11.4 Å². The van der Waals surface area contributed by atoms with E-state index in [0.29, 0.717) is 16.8 Å². The van der Waals surface area contributed by atoms with Crippen molar-refractivity contribution in [3.05, 3.63) is 69.8 Å². The minimum Gasteiger partial charge on any atom is -0.462 e. The number of esters is 1. The molecule has 1 aliphatic heterocycles. The Hall–Kier alpha value is -4.06. The van der Waals surface area contributed by atoms with E-state index in [9.17, 15) is 24.5 Å². The van der Waals surface area contributed by atoms with Crippen molar-refractivity contribution in [2.45, 2.75) is 18.6 Å². The molecular weight excluding hydrogens is 450 g/mol. The number of hydrogen-bond acceptors (Lipinski definition) is 9. The summed E-state index contributed by atoms with van der Waals surface area (Å²) in [5.41, 5.74) is 1.25. The number of nitrogens with one attached hydrogen (secondary N) is 2. The van der Waals surface area contributed by atoms with E-state index >= 15 is 0 Å². The number of nitro benzene ring substituents is 1. The molecule has 33 heavy (non-hydrogen) atoms. The smallest absolute Gasteiger partial charge is 0.338 e. The number of anilines is 1. The highest BCUT2D eigenvalue weighted by Gasteiger charge is 2.32. The Morgan fingerprint density at radius 3 is 2.73 bits per heavy atom. The van der Waals surface area contributed by atoms with Gasteiger partial charge in [0.15, 0.2) is 5.17 Å². The first-order valence-electron chi connectivity index (χ1n) is 9.75. The van der Waals surface area contributed by atoms with Gasteiger partial charge in [-0.15, -0.1) is 5.10 Å². The molecule has 1 saturated heterocycles. The van der Waals surface area contributed by atoms with Crippen molar-refractivity contribution in [3.8, 4) is 0 Å². The monoisotopic (exact) mass is 469 g/mol. The van der Waals surface area contributed by atoms with Gasteiger partial charge in [0.1, 0.15) is 5.25 Å². The zero-order valence-electron chi connectivity index (χ0n) is 17.4. The van der Waals surface area contributed by atoms with E-state index in [0.717, 1.165) is 11.8 Å². The third kappa shape index (κ3) is 6.71. The van der Waals surface area contributed by atoms with Crippen LogP contribution in [0.2, 0.25) is 0 Å². The Bertz CT molecular complexity index is 1130. The van der Waals surface area contributed by atoms with Gasteiger partial charge in [-0.1, -0.05) is 23.9 Å². The fourth-order valence-corrected chi connectivity index (χ4v) is 3.66. The molecule has 0 spiro atoms. The number of ether oxygens (including phenoxy) is 1. The molecular formula is C21H19N5O6S. The van der Waals surface area contributed by atoms with Gasteiger partial charge in [-0.05, 0) is 31.2 Å². The molecule has 12 heteroatoms. The number of carbonyl (C=O) groups is 3. The van der Waals surface area contributed by atoms with Crippen LogP contribution in [0.15, 0.2) is 58.7 Å². The van der Waals surface area contributed by atoms with Gasteiger partial charge >= 0.3 is 5.97 Å². The fourth-order valence-electron chi connectivity index (χ4n) is 2.74. The average molecular weight is 469 g/mol. The Labute approximate surface area is 192 Å². The number of nitro groups is 1. The first-order valence-corrected chi connectivity index (χ1v) is 10.6. The van der Waals surface area contributed by atoms with Crippen LogP contribution in [0.5, 0.6) is 0 Å². The second-order valence-electron chi connectivity index (χ2n) is 6.65. The summed E-state index contributed by atoms with van der Waals surface area (Å²) in [5.74, 6) is -1.21. The predicted octanol–water partition coefficient (Wildman–Crippen LogP) is 2.72. The maximum atomic E-state index is 12.3. The van der Waals surface area contributed by atoms with Crippen molar-refractivity contribution in [1.29, 1.82) is 0 Å². The summed E-state index contributed by atoms with van der Waals surface area (Å²) in [6.45, 7) is 1.98. The van der Waals surface area contributed by atoms with Crippen LogP contribution in [0.3, 0.4) is 0 Å². The molecule has 0 saturated carbocycles. The van der Waals surface area contributed by atoms with Gasteiger partial charge in [0.25, 0.3) is 5.69 Å². The van der Waals surface area contributed by atoms with Crippen LogP contribution in [-0.2, 0) is 14.3 Å². The fraction of sp³-hybridized carbons (Fsp3) is 0.190. The van der Waals surface area contributed by atoms with Crippen LogP contribution in [0.1, 0.15) is 29.3 Å². The lowest BCUT2D eigenvalue weighted by Gasteiger charge is -2.08. The van der Waals surface area contributed by atoms with Crippen molar-refractivity contribution in [2.24, 2.45) is 10.2 Å². The number of carbonyl (C=O) groups excluding carboxylic acids is 3. The van der Waals surface area contributed by atoms with Crippen LogP contribution in [0.25, 0.3) is 0 Å². The second kappa shape index (κ2) is 11.0. The number of amides is 2. The standard InChI is InChI=1S/C21H19N5O6S/c1-2-32-20(29)14-6-8-15(9-7-14)23-18(27)11-17-19(28)24-21(33-17)25-22-12-13-4-3-5-16(10-13)26(30)31/h3-10,12,17H,2,11H2,1H3,(H,23,27)(H,24,25,28)/b22-12+. The van der Waals surface area contributed by atoms with Gasteiger partial charge in [0.2, 0.25) is 11.8 Å². The second-order valence-corrected chi connectivity index (χ2v) is 7.84. The third-order valence-corrected chi connectivity index (χ3v) is 5.34. The average Bonchev–Trinajstić information content (AvgIpc) is 3.13. The first-order chi connectivity index (χ1) is 15.9. The molecule has 0 bridgehead atoms. The lowest BCUT2D eigenvalue weighted by Crippen LogP contribution is -2.28. The molecule has 2 aromatic carbocycles. The molecule has 0 aliphatic carbocycles. The van der Waals surface area contributed by atoms with Gasteiger partial charge in [-0.2, -0.15) is 5.10 Å². The van der Waals surface area contributed by atoms with Crippen LogP contribution < -0.4 is 10.6 Å². The molecule has 170 valence electrons. The van der Waals surface area contributed by atoms with Crippen LogP contribution >= 0.6 is 11.8 Å². The lowest BCUT2D eigenvalue weighted by molar-refractivity contribution is -0.384. The molecule has 1 atom stereocenters. The van der Waals surface area contributed by atoms with Gasteiger partial charge in [0, 0.05) is 29.8 Å². The zero-order chi connectivity index (χ0) is 23.8. The molecule has 1 aliphatic rings. The molecule has 2 amide bonds. The van der Waals surface area contributed by atoms with E-state index in [2.05, 4.69) is 20.8 Å². The van der Waals surface area contributed by atoms with Crippen molar-refractivity contribution < 1.29 is 24.0 Å². The van der Waals surface area contributed by atoms with Crippen molar-refractivity contribution in [2.75, 3.05) is 11.9 Å². The van der Waals surface area contributed by atoms with E-state index < -0.39 is 16.1 Å². The third-order valence-electron chi connectivity index (χ3n) is 4.26. The highest BCUT2D eigenvalue weighted by atomic mass is 32.2. The molecule has 0 radical (unpaired) electrons. The SMILES string of the molecule is CCOC(=O)c1ccc(NC(=O)CC2S/C(=N/N=C/c3cccc([N+](=O)[O-])c3)NC2=O)cc1. The van der Waals surface area contributed by atoms with Gasteiger partial charge in [-0.3, -0.25) is 19.7 Å². The van der Waals surface area contributed by atoms with E-state index in [4.69, 9.17) is 4.74 Å². The molecule has 11 nitrogen and oxygen atoms in total. The molecule has 0 aromatic heterocycles. The van der Waals surface area contributed by atoms with E-state index in [1.807, 2.05) is 0 Å². The maximum Gasteiger partial charge on any atom is 0.338 e. The summed E-state index contributed by atoms with van der Waals surface area (Å²) in [6.07, 6.45) is 1.23. The number of thioether (sulfide) groups is 1. The molecule has 1 unspecified atom stereocenters. The highest BCUT2D eigenvalue weighted by Crippen LogP contribution is 2.23. The van der Waals surface area contributed by atoms with Crippen molar-refractivity contribution in [1.82, 2.24) is 5.32 Å². The van der Waals surface area contributed by atoms with E-state index in [-0.39, 0.29) is 35.7 Å². The van der Waals surface area contributed by atoms with E-state index in [1.54, 1.807) is 25.1 Å². The number of nitrogens with zero attached hydrogens (tertiary/aromatic N) is 3.